The highest BCUT2D eigenvalue weighted by atomic mass is 19.4. The van der Waals surface area contributed by atoms with Crippen molar-refractivity contribution in [1.82, 2.24) is 4.90 Å². The van der Waals surface area contributed by atoms with Gasteiger partial charge in [-0.25, -0.2) is 0 Å². The van der Waals surface area contributed by atoms with Crippen molar-refractivity contribution in [3.05, 3.63) is 0 Å². The Morgan fingerprint density at radius 2 is 1.88 bits per heavy atom. The van der Waals surface area contributed by atoms with Crippen LogP contribution in [0.1, 0.15) is 26.7 Å². The lowest BCUT2D eigenvalue weighted by molar-refractivity contribution is -0.184. The molecule has 0 aromatic carbocycles. The summed E-state index contributed by atoms with van der Waals surface area (Å²) in [4.78, 5) is 22.3. The van der Waals surface area contributed by atoms with Crippen LogP contribution in [0.3, 0.4) is 0 Å². The summed E-state index contributed by atoms with van der Waals surface area (Å²) in [6, 6.07) is 0. The highest BCUT2D eigenvalue weighted by Crippen LogP contribution is 2.17. The van der Waals surface area contributed by atoms with Crippen LogP contribution in [0, 0.1) is 0 Å². The molecule has 0 spiro atoms. The lowest BCUT2D eigenvalue weighted by Gasteiger charge is -2.18. The predicted octanol–water partition coefficient (Wildman–Crippen LogP) is 1.74. The number of hydrogen-bond donors (Lipinski definition) is 0. The minimum Gasteiger partial charge on any atom is -0.463 e. The van der Waals surface area contributed by atoms with Crippen molar-refractivity contribution in [2.75, 3.05) is 13.6 Å². The minimum atomic E-state index is -4.91. The molecule has 0 unspecified atom stereocenters. The van der Waals surface area contributed by atoms with Gasteiger partial charge in [-0.2, -0.15) is 13.2 Å². The fraction of sp³-hybridized carbons (Fsp3) is 0.800. The Balaban J connectivity index is 4.04. The molecule has 0 heterocycles. The highest BCUT2D eigenvalue weighted by molar-refractivity contribution is 5.82. The van der Waals surface area contributed by atoms with E-state index in [0.29, 0.717) is 11.3 Å². The van der Waals surface area contributed by atoms with Gasteiger partial charge >= 0.3 is 18.1 Å². The van der Waals surface area contributed by atoms with E-state index in [-0.39, 0.29) is 19.1 Å². The zero-order valence-corrected chi connectivity index (χ0v) is 10.0. The summed E-state index contributed by atoms with van der Waals surface area (Å²) < 4.78 is 40.8. The smallest absolute Gasteiger partial charge is 0.463 e. The summed E-state index contributed by atoms with van der Waals surface area (Å²) in [5.74, 6) is -2.57. The summed E-state index contributed by atoms with van der Waals surface area (Å²) in [5.41, 5.74) is 0. The van der Waals surface area contributed by atoms with Crippen molar-refractivity contribution in [2.45, 2.75) is 39.0 Å². The molecule has 0 saturated carbocycles. The van der Waals surface area contributed by atoms with E-state index in [9.17, 15) is 22.8 Å². The number of ether oxygens (including phenoxy) is 1. The molecular weight excluding hydrogens is 239 g/mol. The molecule has 1 amide bonds. The molecule has 7 heteroatoms. The highest BCUT2D eigenvalue weighted by Gasteiger charge is 2.41. The Hall–Kier alpha value is -1.27. The van der Waals surface area contributed by atoms with E-state index in [1.165, 1.54) is 0 Å². The number of esters is 1. The SMILES string of the molecule is CC[C@H](C)OC(=O)CCN(C)C(=O)C(F)(F)F. The first-order valence-corrected chi connectivity index (χ1v) is 5.20. The number of amides is 1. The van der Waals surface area contributed by atoms with Gasteiger partial charge in [0, 0.05) is 13.6 Å². The first-order valence-electron chi connectivity index (χ1n) is 5.20. The van der Waals surface area contributed by atoms with Crippen molar-refractivity contribution >= 4 is 11.9 Å². The monoisotopic (exact) mass is 255 g/mol. The number of rotatable bonds is 5. The van der Waals surface area contributed by atoms with Crippen LogP contribution >= 0.6 is 0 Å². The molecule has 0 bridgehead atoms. The van der Waals surface area contributed by atoms with Crippen molar-refractivity contribution in [1.29, 1.82) is 0 Å². The Kier molecular flexibility index (Phi) is 5.98. The minimum absolute atomic E-state index is 0.247. The van der Waals surface area contributed by atoms with Crippen LogP contribution in [0.4, 0.5) is 13.2 Å². The topological polar surface area (TPSA) is 46.6 Å². The van der Waals surface area contributed by atoms with E-state index in [2.05, 4.69) is 0 Å². The lowest BCUT2D eigenvalue weighted by atomic mass is 10.3. The van der Waals surface area contributed by atoms with Crippen LogP contribution in [-0.2, 0) is 14.3 Å². The van der Waals surface area contributed by atoms with Gasteiger partial charge in [-0.3, -0.25) is 9.59 Å². The molecule has 0 aromatic rings. The van der Waals surface area contributed by atoms with Crippen molar-refractivity contribution in [3.8, 4) is 0 Å². The van der Waals surface area contributed by atoms with Crippen molar-refractivity contribution in [3.63, 3.8) is 0 Å². The molecule has 0 fully saturated rings. The molecule has 0 aliphatic carbocycles. The van der Waals surface area contributed by atoms with Gasteiger partial charge in [-0.15, -0.1) is 0 Å². The van der Waals surface area contributed by atoms with Gasteiger partial charge in [0.05, 0.1) is 12.5 Å². The van der Waals surface area contributed by atoms with E-state index in [4.69, 9.17) is 4.74 Å². The number of carbonyl (C=O) groups excluding carboxylic acids is 2. The number of nitrogens with zero attached hydrogens (tertiary/aromatic N) is 1. The summed E-state index contributed by atoms with van der Waals surface area (Å²) in [6.45, 7) is 3.19. The van der Waals surface area contributed by atoms with E-state index in [0.717, 1.165) is 7.05 Å². The van der Waals surface area contributed by atoms with Gasteiger partial charge in [-0.05, 0) is 13.3 Å². The molecule has 0 radical (unpaired) electrons. The molecule has 0 aliphatic heterocycles. The molecule has 0 aliphatic rings. The molecule has 100 valence electrons. The van der Waals surface area contributed by atoms with Gasteiger partial charge in [0.15, 0.2) is 0 Å². The van der Waals surface area contributed by atoms with Crippen LogP contribution in [-0.4, -0.2) is 42.6 Å². The van der Waals surface area contributed by atoms with Crippen LogP contribution in [0.25, 0.3) is 0 Å². The molecular formula is C10H16F3NO3. The summed E-state index contributed by atoms with van der Waals surface area (Å²) >= 11 is 0. The molecule has 17 heavy (non-hydrogen) atoms. The first-order chi connectivity index (χ1) is 7.68. The van der Waals surface area contributed by atoms with Gasteiger partial charge < -0.3 is 9.64 Å². The summed E-state index contributed by atoms with van der Waals surface area (Å²) in [6.07, 6.45) is -4.80. The standard InChI is InChI=1S/C10H16F3NO3/c1-4-7(2)17-8(15)5-6-14(3)9(16)10(11,12)13/h7H,4-6H2,1-3H3/t7-/m0/s1. The maximum Gasteiger partial charge on any atom is 0.471 e. The number of hydrogen-bond acceptors (Lipinski definition) is 3. The fourth-order valence-corrected chi connectivity index (χ4v) is 0.944. The molecule has 0 rings (SSSR count). The average Bonchev–Trinajstić information content (AvgIpc) is 2.23. The molecule has 1 atom stereocenters. The van der Waals surface area contributed by atoms with Crippen LogP contribution < -0.4 is 0 Å². The van der Waals surface area contributed by atoms with Gasteiger partial charge in [0.25, 0.3) is 0 Å². The Morgan fingerprint density at radius 3 is 2.29 bits per heavy atom. The Labute approximate surface area is 97.7 Å². The maximum atomic E-state index is 12.0. The zero-order valence-electron chi connectivity index (χ0n) is 10.0. The third-order valence-corrected chi connectivity index (χ3v) is 2.15. The van der Waals surface area contributed by atoms with E-state index >= 15 is 0 Å². The average molecular weight is 255 g/mol. The van der Waals surface area contributed by atoms with Gasteiger partial charge in [-0.1, -0.05) is 6.92 Å². The van der Waals surface area contributed by atoms with Crippen molar-refractivity contribution < 1.29 is 27.5 Å². The number of alkyl halides is 3. The molecule has 0 aromatic heterocycles. The van der Waals surface area contributed by atoms with Crippen LogP contribution in [0.2, 0.25) is 0 Å². The zero-order chi connectivity index (χ0) is 13.6. The second-order valence-electron chi connectivity index (χ2n) is 3.68. The largest absolute Gasteiger partial charge is 0.471 e. The third-order valence-electron chi connectivity index (χ3n) is 2.15. The predicted molar refractivity (Wildman–Crippen MR) is 54.2 cm³/mol. The summed E-state index contributed by atoms with van der Waals surface area (Å²) in [7, 11) is 0.992. The fourth-order valence-electron chi connectivity index (χ4n) is 0.944. The molecule has 4 nitrogen and oxygen atoms in total. The van der Waals surface area contributed by atoms with Crippen LogP contribution in [0.5, 0.6) is 0 Å². The molecule has 0 saturated heterocycles. The quantitative estimate of drug-likeness (QED) is 0.703. The van der Waals surface area contributed by atoms with E-state index in [1.54, 1.807) is 6.92 Å². The second kappa shape index (κ2) is 6.46. The van der Waals surface area contributed by atoms with Gasteiger partial charge in [0.2, 0.25) is 0 Å². The van der Waals surface area contributed by atoms with Crippen molar-refractivity contribution in [2.24, 2.45) is 0 Å². The van der Waals surface area contributed by atoms with Gasteiger partial charge in [0.1, 0.15) is 0 Å². The third kappa shape index (κ3) is 6.13. The Morgan fingerprint density at radius 1 is 1.35 bits per heavy atom. The van der Waals surface area contributed by atoms with Crippen LogP contribution in [0.15, 0.2) is 0 Å². The first kappa shape index (κ1) is 15.7. The summed E-state index contributed by atoms with van der Waals surface area (Å²) in [5, 5.41) is 0. The molecule has 0 N–H and O–H groups in total. The Bertz CT molecular complexity index is 278. The number of halogens is 3. The normalized spacial score (nSPS) is 13.1. The van der Waals surface area contributed by atoms with E-state index < -0.39 is 18.1 Å². The maximum absolute atomic E-state index is 12.0. The second-order valence-corrected chi connectivity index (χ2v) is 3.68. The van der Waals surface area contributed by atoms with E-state index in [1.807, 2.05) is 6.92 Å². The number of carbonyl (C=O) groups is 2. The lowest BCUT2D eigenvalue weighted by Crippen LogP contribution is -2.39.